The van der Waals surface area contributed by atoms with E-state index < -0.39 is 0 Å². The Balaban J connectivity index is 1.28. The number of nitrogens with one attached hydrogen (secondary N) is 2. The summed E-state index contributed by atoms with van der Waals surface area (Å²) in [7, 11) is 1.67. The van der Waals surface area contributed by atoms with Crippen LogP contribution in [0.15, 0.2) is 53.3 Å². The summed E-state index contributed by atoms with van der Waals surface area (Å²) in [5, 5.41) is 0.568. The third kappa shape index (κ3) is 3.18. The lowest BCUT2D eigenvalue weighted by Gasteiger charge is -2.61. The zero-order valence-electron chi connectivity index (χ0n) is 19.2. The van der Waals surface area contributed by atoms with Crippen LogP contribution < -0.4 is 16.4 Å². The molecule has 0 aliphatic heterocycles. The van der Waals surface area contributed by atoms with Crippen molar-refractivity contribution in [1.29, 1.82) is 0 Å². The first-order valence-electron chi connectivity index (χ1n) is 12.0. The highest BCUT2D eigenvalue weighted by Gasteiger charge is 2.61. The van der Waals surface area contributed by atoms with Gasteiger partial charge in [-0.15, -0.1) is 0 Å². The molecule has 7 rings (SSSR count). The Bertz CT molecular complexity index is 1300. The van der Waals surface area contributed by atoms with Crippen LogP contribution in [0.5, 0.6) is 0 Å². The van der Waals surface area contributed by atoms with E-state index in [0.717, 1.165) is 19.3 Å². The van der Waals surface area contributed by atoms with Crippen LogP contribution in [-0.2, 0) is 17.3 Å². The van der Waals surface area contributed by atoms with Crippen molar-refractivity contribution in [3.8, 4) is 0 Å². The zero-order chi connectivity index (χ0) is 22.8. The van der Waals surface area contributed by atoms with Crippen molar-refractivity contribution in [3.05, 3.63) is 70.0 Å². The topological polar surface area (TPSA) is 76.0 Å². The molecule has 4 aliphatic carbocycles. The molecule has 1 amide bonds. The van der Waals surface area contributed by atoms with Gasteiger partial charge in [-0.05, 0) is 80.4 Å². The number of anilines is 1. The summed E-state index contributed by atoms with van der Waals surface area (Å²) in [6.07, 6.45) is 6.43. The number of amides is 1. The molecule has 170 valence electrons. The number of nitrogens with zero attached hydrogens (tertiary/aromatic N) is 2. The molecule has 4 fully saturated rings. The standard InChI is InChI=1S/C27H30N4O2/c1-17-7-9-20(10-8-17)26-12-18-11-19(13-26)15-27(14-18,16-26)24(33)29-30-25-28-22-6-4-3-5-21(22)23(32)31(25)2/h3-10,18-19H,11-16H2,1-2H3,(H,28,30)(H,29,33). The number of aryl methyl sites for hydroxylation is 1. The molecule has 1 aromatic heterocycles. The zero-order valence-corrected chi connectivity index (χ0v) is 19.2. The maximum atomic E-state index is 13.7. The average Bonchev–Trinajstić information content (AvgIpc) is 2.80. The maximum absolute atomic E-state index is 13.7. The highest BCUT2D eigenvalue weighted by atomic mass is 16.2. The van der Waals surface area contributed by atoms with Crippen LogP contribution in [0.25, 0.3) is 10.9 Å². The van der Waals surface area contributed by atoms with Gasteiger partial charge in [0.2, 0.25) is 11.9 Å². The largest absolute Gasteiger partial charge is 0.280 e. The number of carbonyl (C=O) groups excluding carboxylic acids is 1. The summed E-state index contributed by atoms with van der Waals surface area (Å²) in [6.45, 7) is 2.12. The molecule has 6 nitrogen and oxygen atoms in total. The molecule has 33 heavy (non-hydrogen) atoms. The molecule has 3 aromatic rings. The lowest BCUT2D eigenvalue weighted by molar-refractivity contribution is -0.148. The number of fused-ring (bicyclic) bond motifs is 1. The summed E-state index contributed by atoms with van der Waals surface area (Å²) in [5.74, 6) is 1.59. The van der Waals surface area contributed by atoms with Crippen molar-refractivity contribution < 1.29 is 4.79 Å². The molecule has 1 heterocycles. The Morgan fingerprint density at radius 2 is 1.73 bits per heavy atom. The van der Waals surface area contributed by atoms with E-state index in [1.54, 1.807) is 13.1 Å². The summed E-state index contributed by atoms with van der Waals surface area (Å²) in [6, 6.07) is 16.2. The molecular formula is C27H30N4O2. The Morgan fingerprint density at radius 3 is 2.45 bits per heavy atom. The third-order valence-corrected chi connectivity index (χ3v) is 8.48. The Kier molecular flexibility index (Phi) is 4.45. The lowest BCUT2D eigenvalue weighted by atomic mass is 9.42. The normalized spacial score (nSPS) is 29.9. The van der Waals surface area contributed by atoms with E-state index in [-0.39, 0.29) is 22.3 Å². The molecule has 2 N–H and O–H groups in total. The summed E-state index contributed by atoms with van der Waals surface area (Å²) in [5.41, 5.74) is 8.82. The lowest BCUT2D eigenvalue weighted by Crippen LogP contribution is -2.59. The van der Waals surface area contributed by atoms with Crippen molar-refractivity contribution in [2.75, 3.05) is 5.43 Å². The summed E-state index contributed by atoms with van der Waals surface area (Å²) >= 11 is 0. The molecule has 6 heteroatoms. The van der Waals surface area contributed by atoms with E-state index in [0.29, 0.717) is 28.7 Å². The van der Waals surface area contributed by atoms with Gasteiger partial charge >= 0.3 is 0 Å². The number of rotatable bonds is 4. The van der Waals surface area contributed by atoms with Gasteiger partial charge in [0.25, 0.3) is 5.56 Å². The molecule has 2 aromatic carbocycles. The first-order chi connectivity index (χ1) is 15.9. The molecule has 2 unspecified atom stereocenters. The number of aromatic nitrogens is 2. The van der Waals surface area contributed by atoms with E-state index in [4.69, 9.17) is 0 Å². The van der Waals surface area contributed by atoms with E-state index in [1.165, 1.54) is 35.0 Å². The van der Waals surface area contributed by atoms with Gasteiger partial charge in [-0.25, -0.2) is 4.98 Å². The van der Waals surface area contributed by atoms with Crippen LogP contribution >= 0.6 is 0 Å². The van der Waals surface area contributed by atoms with E-state index in [1.807, 2.05) is 18.2 Å². The highest BCUT2D eigenvalue weighted by molar-refractivity contribution is 5.85. The first-order valence-corrected chi connectivity index (χ1v) is 12.0. The molecule has 4 saturated carbocycles. The fraction of sp³-hybridized carbons (Fsp3) is 0.444. The second-order valence-electron chi connectivity index (χ2n) is 10.8. The monoisotopic (exact) mass is 442 g/mol. The fourth-order valence-corrected chi connectivity index (χ4v) is 7.35. The molecule has 4 aliphatic rings. The Morgan fingerprint density at radius 1 is 1.03 bits per heavy atom. The van der Waals surface area contributed by atoms with Crippen molar-refractivity contribution in [2.45, 2.75) is 50.9 Å². The van der Waals surface area contributed by atoms with Crippen LogP contribution in [0.2, 0.25) is 0 Å². The third-order valence-electron chi connectivity index (χ3n) is 8.48. The van der Waals surface area contributed by atoms with E-state index >= 15 is 0 Å². The van der Waals surface area contributed by atoms with Crippen LogP contribution in [0.1, 0.15) is 49.7 Å². The molecule has 2 atom stereocenters. The van der Waals surface area contributed by atoms with Crippen LogP contribution in [-0.4, -0.2) is 15.5 Å². The SMILES string of the molecule is Cc1ccc(C23CC4CC(CC(C(=O)NNc5nc6ccccc6c(=O)n5C)(C4)C2)C3)cc1. The first kappa shape index (κ1) is 20.5. The predicted molar refractivity (Wildman–Crippen MR) is 129 cm³/mol. The second-order valence-corrected chi connectivity index (χ2v) is 10.8. The molecule has 4 bridgehead atoms. The van der Waals surface area contributed by atoms with Gasteiger partial charge in [0.1, 0.15) is 0 Å². The molecule has 0 radical (unpaired) electrons. The van der Waals surface area contributed by atoms with Crippen molar-refractivity contribution in [2.24, 2.45) is 24.3 Å². The van der Waals surface area contributed by atoms with Gasteiger partial charge in [-0.3, -0.25) is 25.0 Å². The number of hydrogen-bond donors (Lipinski definition) is 2. The van der Waals surface area contributed by atoms with E-state index in [9.17, 15) is 9.59 Å². The van der Waals surface area contributed by atoms with Crippen LogP contribution in [0.4, 0.5) is 5.95 Å². The molecule has 0 spiro atoms. The summed E-state index contributed by atoms with van der Waals surface area (Å²) in [4.78, 5) is 30.9. The smallest absolute Gasteiger partial charge is 0.262 e. The fourth-order valence-electron chi connectivity index (χ4n) is 7.35. The molecule has 0 saturated heterocycles. The number of benzene rings is 2. The summed E-state index contributed by atoms with van der Waals surface area (Å²) < 4.78 is 1.45. The Hall–Kier alpha value is -3.15. The maximum Gasteiger partial charge on any atom is 0.262 e. The number of para-hydroxylation sites is 1. The minimum absolute atomic E-state index is 0.0375. The number of hydrogen-bond acceptors (Lipinski definition) is 4. The van der Waals surface area contributed by atoms with Gasteiger partial charge in [0, 0.05) is 7.05 Å². The van der Waals surface area contributed by atoms with Crippen molar-refractivity contribution >= 4 is 22.8 Å². The van der Waals surface area contributed by atoms with Gasteiger partial charge in [0.05, 0.1) is 16.3 Å². The number of carbonyl (C=O) groups is 1. The van der Waals surface area contributed by atoms with Crippen LogP contribution in [0.3, 0.4) is 0 Å². The minimum atomic E-state index is -0.363. The van der Waals surface area contributed by atoms with E-state index in [2.05, 4.69) is 47.0 Å². The van der Waals surface area contributed by atoms with Gasteiger partial charge < -0.3 is 0 Å². The Labute approximate surface area is 193 Å². The average molecular weight is 443 g/mol. The van der Waals surface area contributed by atoms with Crippen LogP contribution in [0, 0.1) is 24.2 Å². The molecular weight excluding hydrogens is 412 g/mol. The highest BCUT2D eigenvalue weighted by Crippen LogP contribution is 2.65. The number of hydrazine groups is 1. The minimum Gasteiger partial charge on any atom is -0.280 e. The van der Waals surface area contributed by atoms with Crippen molar-refractivity contribution in [1.82, 2.24) is 15.0 Å². The quantitative estimate of drug-likeness (QED) is 0.593. The van der Waals surface area contributed by atoms with Gasteiger partial charge in [0.15, 0.2) is 0 Å². The van der Waals surface area contributed by atoms with Crippen molar-refractivity contribution in [3.63, 3.8) is 0 Å². The predicted octanol–water partition coefficient (Wildman–Crippen LogP) is 4.22. The van der Waals surface area contributed by atoms with Gasteiger partial charge in [-0.2, -0.15) is 0 Å². The second kappa shape index (κ2) is 7.17. The van der Waals surface area contributed by atoms with Gasteiger partial charge in [-0.1, -0.05) is 42.0 Å².